The third-order valence-corrected chi connectivity index (χ3v) is 6.74. The highest BCUT2D eigenvalue weighted by Crippen LogP contribution is 2.32. The summed E-state index contributed by atoms with van der Waals surface area (Å²) in [6.45, 7) is 7.01. The third-order valence-electron chi connectivity index (χ3n) is 6.10. The summed E-state index contributed by atoms with van der Waals surface area (Å²) in [6, 6.07) is 3.30. The fraction of sp³-hybridized carbons (Fsp3) is 0.654. The topological polar surface area (TPSA) is 108 Å². The van der Waals surface area contributed by atoms with Crippen LogP contribution in [0.1, 0.15) is 76.5 Å². The van der Waals surface area contributed by atoms with Gasteiger partial charge in [-0.25, -0.2) is 4.79 Å². The third kappa shape index (κ3) is 8.63. The first-order valence-corrected chi connectivity index (χ1v) is 13.7. The van der Waals surface area contributed by atoms with Crippen LogP contribution in [-0.4, -0.2) is 64.7 Å². The van der Waals surface area contributed by atoms with Gasteiger partial charge >= 0.3 is 6.09 Å². The van der Waals surface area contributed by atoms with Gasteiger partial charge in [-0.05, 0) is 64.5 Å². The second-order valence-corrected chi connectivity index (χ2v) is 11.2. The summed E-state index contributed by atoms with van der Waals surface area (Å²) in [5, 5.41) is 16.6. The molecule has 1 aromatic rings. The molecule has 1 aliphatic carbocycles. The zero-order valence-electron chi connectivity index (χ0n) is 21.8. The van der Waals surface area contributed by atoms with Crippen LogP contribution in [-0.2, 0) is 14.3 Å². The van der Waals surface area contributed by atoms with Gasteiger partial charge in [0.25, 0.3) is 0 Å². The largest absolute Gasteiger partial charge is 0.507 e. The first-order chi connectivity index (χ1) is 16.4. The number of nitrogens with zero attached hydrogens (tertiary/aromatic N) is 1. The number of hydrogen-bond donors (Lipinski definition) is 3. The van der Waals surface area contributed by atoms with Crippen molar-refractivity contribution in [1.82, 2.24) is 15.5 Å². The Morgan fingerprint density at radius 1 is 1.20 bits per heavy atom. The number of phenolic OH excluding ortho intramolecular Hbond substituents is 1. The first kappa shape index (κ1) is 28.8. The highest BCUT2D eigenvalue weighted by molar-refractivity contribution is 7.98. The molecule has 1 fully saturated rings. The highest BCUT2D eigenvalue weighted by Gasteiger charge is 2.36. The van der Waals surface area contributed by atoms with Gasteiger partial charge in [-0.3, -0.25) is 9.59 Å². The summed E-state index contributed by atoms with van der Waals surface area (Å²) >= 11 is 1.56. The van der Waals surface area contributed by atoms with E-state index < -0.39 is 29.7 Å². The van der Waals surface area contributed by atoms with Gasteiger partial charge in [0.05, 0.1) is 0 Å². The maximum Gasteiger partial charge on any atom is 0.408 e. The molecular weight excluding hydrogens is 466 g/mol. The Labute approximate surface area is 213 Å². The van der Waals surface area contributed by atoms with E-state index in [1.54, 1.807) is 57.7 Å². The number of phenols is 1. The molecule has 0 spiro atoms. The zero-order valence-corrected chi connectivity index (χ0v) is 22.7. The summed E-state index contributed by atoms with van der Waals surface area (Å²) in [4.78, 5) is 41.0. The number of ether oxygens (including phenoxy) is 1. The Kier molecular flexibility index (Phi) is 10.7. The molecule has 1 aliphatic rings. The van der Waals surface area contributed by atoms with Crippen LogP contribution in [0.25, 0.3) is 0 Å². The van der Waals surface area contributed by atoms with E-state index in [0.29, 0.717) is 23.3 Å². The molecule has 3 amide bonds. The second-order valence-electron chi connectivity index (χ2n) is 10.2. The molecular formula is C26H41N3O5S. The van der Waals surface area contributed by atoms with Crippen molar-refractivity contribution in [1.29, 1.82) is 0 Å². The summed E-state index contributed by atoms with van der Waals surface area (Å²) < 4.78 is 5.36. The van der Waals surface area contributed by atoms with Crippen LogP contribution >= 0.6 is 11.8 Å². The molecule has 0 heterocycles. The summed E-state index contributed by atoms with van der Waals surface area (Å²) in [6.07, 6.45) is 6.66. The Morgan fingerprint density at radius 2 is 1.86 bits per heavy atom. The average Bonchev–Trinajstić information content (AvgIpc) is 2.78. The number of benzene rings is 1. The number of likely N-dealkylation sites (N-methyl/N-ethyl adjacent to an activating group) is 1. The number of amides is 3. The molecule has 8 nitrogen and oxygen atoms in total. The van der Waals surface area contributed by atoms with Crippen LogP contribution in [0.3, 0.4) is 0 Å². The van der Waals surface area contributed by atoms with Crippen LogP contribution in [0.15, 0.2) is 18.2 Å². The maximum absolute atomic E-state index is 13.6. The molecule has 0 saturated heterocycles. The van der Waals surface area contributed by atoms with E-state index in [9.17, 15) is 19.5 Å². The normalized spacial score (nSPS) is 16.2. The van der Waals surface area contributed by atoms with Crippen molar-refractivity contribution in [2.24, 2.45) is 0 Å². The van der Waals surface area contributed by atoms with Crippen molar-refractivity contribution < 1.29 is 24.2 Å². The first-order valence-electron chi connectivity index (χ1n) is 12.3. The van der Waals surface area contributed by atoms with Gasteiger partial charge in [-0.1, -0.05) is 37.5 Å². The SMILES string of the molecule is CSCCC(NC(=O)OC(C)(C)C)C(=O)N(C)C(C(=O)NC1CCCCC1)c1cccc(C)c1O. The van der Waals surface area contributed by atoms with Crippen molar-refractivity contribution in [3.63, 3.8) is 0 Å². The van der Waals surface area contributed by atoms with Crippen molar-refractivity contribution in [2.75, 3.05) is 19.1 Å². The number of alkyl carbamates (subject to hydrolysis) is 1. The van der Waals surface area contributed by atoms with Crippen LogP contribution < -0.4 is 10.6 Å². The van der Waals surface area contributed by atoms with E-state index in [-0.39, 0.29) is 17.7 Å². The number of nitrogens with one attached hydrogen (secondary N) is 2. The second kappa shape index (κ2) is 13.0. The van der Waals surface area contributed by atoms with E-state index >= 15 is 0 Å². The van der Waals surface area contributed by atoms with Crippen molar-refractivity contribution in [3.8, 4) is 5.75 Å². The van der Waals surface area contributed by atoms with Crippen LogP contribution in [0.4, 0.5) is 4.79 Å². The molecule has 35 heavy (non-hydrogen) atoms. The Morgan fingerprint density at radius 3 is 2.46 bits per heavy atom. The smallest absolute Gasteiger partial charge is 0.408 e. The van der Waals surface area contributed by atoms with Gasteiger partial charge in [0, 0.05) is 18.7 Å². The van der Waals surface area contributed by atoms with E-state index in [4.69, 9.17) is 4.74 Å². The van der Waals surface area contributed by atoms with Gasteiger partial charge in [0.2, 0.25) is 11.8 Å². The van der Waals surface area contributed by atoms with Gasteiger partial charge in [0.1, 0.15) is 23.4 Å². The molecule has 1 saturated carbocycles. The maximum atomic E-state index is 13.6. The van der Waals surface area contributed by atoms with Crippen molar-refractivity contribution >= 4 is 29.7 Å². The predicted molar refractivity (Wildman–Crippen MR) is 140 cm³/mol. The molecule has 0 aromatic heterocycles. The lowest BCUT2D eigenvalue weighted by atomic mass is 9.94. The monoisotopic (exact) mass is 507 g/mol. The van der Waals surface area contributed by atoms with Gasteiger partial charge in [-0.2, -0.15) is 11.8 Å². The molecule has 2 atom stereocenters. The lowest BCUT2D eigenvalue weighted by molar-refractivity contribution is -0.141. The molecule has 0 radical (unpaired) electrons. The van der Waals surface area contributed by atoms with Crippen LogP contribution in [0.5, 0.6) is 5.75 Å². The number of carbonyl (C=O) groups is 3. The summed E-state index contributed by atoms with van der Waals surface area (Å²) in [5.41, 5.74) is 0.262. The minimum Gasteiger partial charge on any atom is -0.507 e. The number of para-hydroxylation sites is 1. The predicted octanol–water partition coefficient (Wildman–Crippen LogP) is 4.30. The average molecular weight is 508 g/mol. The standard InChI is InChI=1S/C26H41N3O5S/c1-17-11-10-14-19(22(17)30)21(23(31)27-18-12-8-7-9-13-18)29(5)24(32)20(15-16-35-6)28-25(33)34-26(2,3)4/h10-11,14,18,20-21,30H,7-9,12-13,15-16H2,1-6H3,(H,27,31)(H,28,33). The van der Waals surface area contributed by atoms with Gasteiger partial charge < -0.3 is 25.4 Å². The van der Waals surface area contributed by atoms with E-state index in [0.717, 1.165) is 32.1 Å². The Hall–Kier alpha value is -2.42. The van der Waals surface area contributed by atoms with Gasteiger partial charge in [-0.15, -0.1) is 0 Å². The minimum absolute atomic E-state index is 0.0169. The Balaban J connectivity index is 2.34. The van der Waals surface area contributed by atoms with Gasteiger partial charge in [0.15, 0.2) is 0 Å². The molecule has 2 rings (SSSR count). The van der Waals surface area contributed by atoms with E-state index in [1.165, 1.54) is 11.9 Å². The van der Waals surface area contributed by atoms with Crippen LogP contribution in [0, 0.1) is 6.92 Å². The quantitative estimate of drug-likeness (QED) is 0.460. The molecule has 1 aromatic carbocycles. The molecule has 196 valence electrons. The fourth-order valence-corrected chi connectivity index (χ4v) is 4.74. The highest BCUT2D eigenvalue weighted by atomic mass is 32.2. The van der Waals surface area contributed by atoms with E-state index in [2.05, 4.69) is 10.6 Å². The molecule has 9 heteroatoms. The minimum atomic E-state index is -1.04. The molecule has 3 N–H and O–H groups in total. The molecule has 0 bridgehead atoms. The summed E-state index contributed by atoms with van der Waals surface area (Å²) in [5.74, 6) is -0.143. The lowest BCUT2D eigenvalue weighted by Gasteiger charge is -2.33. The van der Waals surface area contributed by atoms with Crippen LogP contribution in [0.2, 0.25) is 0 Å². The Bertz CT molecular complexity index is 880. The number of hydrogen-bond acceptors (Lipinski definition) is 6. The number of rotatable bonds is 9. The van der Waals surface area contributed by atoms with E-state index in [1.807, 2.05) is 6.26 Å². The number of carbonyl (C=O) groups excluding carboxylic acids is 3. The molecule has 2 unspecified atom stereocenters. The number of aromatic hydroxyl groups is 1. The molecule has 0 aliphatic heterocycles. The van der Waals surface area contributed by atoms with Crippen molar-refractivity contribution in [3.05, 3.63) is 29.3 Å². The van der Waals surface area contributed by atoms with Crippen molar-refractivity contribution in [2.45, 2.75) is 89.9 Å². The number of aryl methyl sites for hydroxylation is 1. The number of thioether (sulfide) groups is 1. The fourth-order valence-electron chi connectivity index (χ4n) is 4.27. The summed E-state index contributed by atoms with van der Waals surface area (Å²) in [7, 11) is 1.54. The zero-order chi connectivity index (χ0) is 26.2. The lowest BCUT2D eigenvalue weighted by Crippen LogP contribution is -2.52.